The highest BCUT2D eigenvalue weighted by molar-refractivity contribution is 6.59. The lowest BCUT2D eigenvalue weighted by Crippen LogP contribution is -2.50. The maximum Gasteiger partial charge on any atom is 0.489 e. The molecular formula is C20H26BN3O5. The van der Waals surface area contributed by atoms with E-state index in [0.717, 1.165) is 37.8 Å². The van der Waals surface area contributed by atoms with Gasteiger partial charge in [-0.1, -0.05) is 18.6 Å². The number of anilines is 1. The predicted octanol–water partition coefficient (Wildman–Crippen LogP) is 0.487. The fourth-order valence-corrected chi connectivity index (χ4v) is 3.69. The summed E-state index contributed by atoms with van der Waals surface area (Å²) < 4.78 is 5.08. The SMILES string of the molecule is C=C1/C=C2/C(=O)N(c3nccc(B(O)O)c3COC(C)=O)CCN2CCCCC1. The third kappa shape index (κ3) is 4.86. The first-order valence-electron chi connectivity index (χ1n) is 9.82. The predicted molar refractivity (Wildman–Crippen MR) is 109 cm³/mol. The van der Waals surface area contributed by atoms with Crippen LogP contribution in [0.3, 0.4) is 0 Å². The fourth-order valence-electron chi connectivity index (χ4n) is 3.69. The second kappa shape index (κ2) is 9.24. The van der Waals surface area contributed by atoms with Crippen molar-refractivity contribution in [3.8, 4) is 0 Å². The van der Waals surface area contributed by atoms with E-state index in [4.69, 9.17) is 4.74 Å². The first kappa shape index (κ1) is 21.1. The fraction of sp³-hybridized carbons (Fsp3) is 0.450. The molecule has 1 aromatic rings. The number of carbonyl (C=O) groups is 2. The first-order valence-corrected chi connectivity index (χ1v) is 9.82. The van der Waals surface area contributed by atoms with Crippen LogP contribution in [0.1, 0.15) is 38.2 Å². The van der Waals surface area contributed by atoms with Gasteiger partial charge < -0.3 is 19.7 Å². The molecule has 0 radical (unpaired) electrons. The number of esters is 1. The molecule has 154 valence electrons. The van der Waals surface area contributed by atoms with Gasteiger partial charge in [0.25, 0.3) is 5.91 Å². The molecule has 2 N–H and O–H groups in total. The standard InChI is InChI=1S/C20H26BN3O5/c1-14-6-4-3-5-9-23-10-11-24(20(26)18(23)12-14)19-16(13-29-15(2)25)17(21(27)28)7-8-22-19/h7-8,12,27-28H,1,3-6,9-11,13H2,2H3/b18-12-. The first-order chi connectivity index (χ1) is 13.9. The number of fused-ring (bicyclic) bond motifs is 1. The van der Waals surface area contributed by atoms with Gasteiger partial charge in [0.2, 0.25) is 0 Å². The number of hydrogen-bond acceptors (Lipinski definition) is 7. The molecule has 2 aliphatic rings. The van der Waals surface area contributed by atoms with Gasteiger partial charge in [-0.2, -0.15) is 0 Å². The molecule has 0 saturated carbocycles. The zero-order valence-corrected chi connectivity index (χ0v) is 16.6. The van der Waals surface area contributed by atoms with Crippen LogP contribution < -0.4 is 10.4 Å². The highest BCUT2D eigenvalue weighted by Gasteiger charge is 2.33. The maximum atomic E-state index is 13.4. The molecule has 8 nitrogen and oxygen atoms in total. The monoisotopic (exact) mass is 399 g/mol. The van der Waals surface area contributed by atoms with Gasteiger partial charge in [0.15, 0.2) is 0 Å². The van der Waals surface area contributed by atoms with Crippen molar-refractivity contribution in [2.24, 2.45) is 0 Å². The van der Waals surface area contributed by atoms with Gasteiger partial charge in [-0.3, -0.25) is 14.5 Å². The van der Waals surface area contributed by atoms with Gasteiger partial charge in [-0.15, -0.1) is 0 Å². The van der Waals surface area contributed by atoms with Crippen molar-refractivity contribution in [1.29, 1.82) is 0 Å². The molecule has 0 spiro atoms. The van der Waals surface area contributed by atoms with E-state index in [1.807, 2.05) is 6.08 Å². The Bertz CT molecular complexity index is 839. The molecule has 2 aliphatic heterocycles. The number of piperazine rings is 1. The van der Waals surface area contributed by atoms with Crippen molar-refractivity contribution in [1.82, 2.24) is 9.88 Å². The summed E-state index contributed by atoms with van der Waals surface area (Å²) in [7, 11) is -1.78. The Labute approximate surface area is 170 Å². The second-order valence-corrected chi connectivity index (χ2v) is 7.30. The van der Waals surface area contributed by atoms with Crippen LogP contribution in [-0.4, -0.2) is 58.6 Å². The minimum atomic E-state index is -1.78. The van der Waals surface area contributed by atoms with Crippen LogP contribution in [0.5, 0.6) is 0 Å². The molecule has 1 amide bonds. The van der Waals surface area contributed by atoms with Crippen LogP contribution in [0, 0.1) is 0 Å². The zero-order chi connectivity index (χ0) is 21.0. The largest absolute Gasteiger partial charge is 0.489 e. The van der Waals surface area contributed by atoms with Crippen LogP contribution in [0.25, 0.3) is 0 Å². The van der Waals surface area contributed by atoms with Gasteiger partial charge in [0.05, 0.1) is 0 Å². The normalized spacial score (nSPS) is 19.5. The minimum absolute atomic E-state index is 0.152. The Balaban J connectivity index is 1.99. The van der Waals surface area contributed by atoms with Crippen molar-refractivity contribution in [2.75, 3.05) is 24.5 Å². The molecule has 0 atom stereocenters. The van der Waals surface area contributed by atoms with E-state index in [9.17, 15) is 19.6 Å². The number of rotatable bonds is 4. The zero-order valence-electron chi connectivity index (χ0n) is 16.6. The minimum Gasteiger partial charge on any atom is -0.461 e. The van der Waals surface area contributed by atoms with Crippen LogP contribution in [0.15, 0.2) is 36.2 Å². The Hall–Kier alpha value is -2.65. The van der Waals surface area contributed by atoms with E-state index in [1.54, 1.807) is 0 Å². The summed E-state index contributed by atoms with van der Waals surface area (Å²) in [4.78, 5) is 32.6. The molecule has 1 saturated heterocycles. The van der Waals surface area contributed by atoms with Crippen LogP contribution in [0.4, 0.5) is 5.82 Å². The molecule has 1 aromatic heterocycles. The number of amides is 1. The highest BCUT2D eigenvalue weighted by atomic mass is 16.5. The van der Waals surface area contributed by atoms with Crippen molar-refractivity contribution >= 4 is 30.3 Å². The second-order valence-electron chi connectivity index (χ2n) is 7.30. The van der Waals surface area contributed by atoms with Crippen molar-refractivity contribution in [2.45, 2.75) is 39.2 Å². The third-order valence-corrected chi connectivity index (χ3v) is 5.19. The van der Waals surface area contributed by atoms with Crippen LogP contribution in [-0.2, 0) is 20.9 Å². The van der Waals surface area contributed by atoms with E-state index >= 15 is 0 Å². The number of aromatic nitrogens is 1. The Kier molecular flexibility index (Phi) is 6.71. The molecule has 9 heteroatoms. The summed E-state index contributed by atoms with van der Waals surface area (Å²) in [6.45, 7) is 6.97. The number of ether oxygens (including phenoxy) is 1. The van der Waals surface area contributed by atoms with Gasteiger partial charge in [0, 0.05) is 38.3 Å². The van der Waals surface area contributed by atoms with E-state index < -0.39 is 13.1 Å². The van der Waals surface area contributed by atoms with E-state index in [1.165, 1.54) is 24.1 Å². The Morgan fingerprint density at radius 2 is 2.07 bits per heavy atom. The summed E-state index contributed by atoms with van der Waals surface area (Å²) in [5.41, 5.74) is 1.94. The number of carbonyl (C=O) groups excluding carboxylic acids is 2. The van der Waals surface area contributed by atoms with E-state index in [-0.39, 0.29) is 23.8 Å². The summed E-state index contributed by atoms with van der Waals surface area (Å²) in [5.74, 6) is -0.460. The lowest BCUT2D eigenvalue weighted by molar-refractivity contribution is -0.142. The van der Waals surface area contributed by atoms with Crippen molar-refractivity contribution < 1.29 is 24.4 Å². The molecular weight excluding hydrogens is 373 g/mol. The van der Waals surface area contributed by atoms with Gasteiger partial charge >= 0.3 is 13.1 Å². The molecule has 1 fully saturated rings. The average molecular weight is 399 g/mol. The molecule has 0 unspecified atom stereocenters. The molecule has 29 heavy (non-hydrogen) atoms. The van der Waals surface area contributed by atoms with Crippen LogP contribution in [0.2, 0.25) is 0 Å². The smallest absolute Gasteiger partial charge is 0.461 e. The molecule has 3 rings (SSSR count). The summed E-state index contributed by atoms with van der Waals surface area (Å²) in [5, 5.41) is 19.5. The summed E-state index contributed by atoms with van der Waals surface area (Å²) in [6, 6.07) is 1.44. The molecule has 0 bridgehead atoms. The van der Waals surface area contributed by atoms with E-state index in [0.29, 0.717) is 24.4 Å². The number of nitrogens with zero attached hydrogens (tertiary/aromatic N) is 3. The number of hydrogen-bond donors (Lipinski definition) is 2. The third-order valence-electron chi connectivity index (χ3n) is 5.19. The van der Waals surface area contributed by atoms with Crippen molar-refractivity contribution in [3.05, 3.63) is 41.8 Å². The number of pyridine rings is 1. The van der Waals surface area contributed by atoms with Crippen LogP contribution >= 0.6 is 0 Å². The lowest BCUT2D eigenvalue weighted by Gasteiger charge is -2.37. The Morgan fingerprint density at radius 1 is 1.28 bits per heavy atom. The average Bonchev–Trinajstić information content (AvgIpc) is 2.77. The maximum absolute atomic E-state index is 13.4. The summed E-state index contributed by atoms with van der Waals surface area (Å²) in [6.07, 6.45) is 7.28. The van der Waals surface area contributed by atoms with E-state index in [2.05, 4.69) is 16.5 Å². The highest BCUT2D eigenvalue weighted by Crippen LogP contribution is 2.27. The van der Waals surface area contributed by atoms with Gasteiger partial charge in [0.1, 0.15) is 18.1 Å². The van der Waals surface area contributed by atoms with Gasteiger partial charge in [-0.25, -0.2) is 4.98 Å². The topological polar surface area (TPSA) is 103 Å². The molecule has 3 heterocycles. The quantitative estimate of drug-likeness (QED) is 0.561. The molecule has 0 aliphatic carbocycles. The lowest BCUT2D eigenvalue weighted by atomic mass is 9.77. The summed E-state index contributed by atoms with van der Waals surface area (Å²) >= 11 is 0. The Morgan fingerprint density at radius 3 is 2.79 bits per heavy atom. The van der Waals surface area contributed by atoms with Crippen molar-refractivity contribution in [3.63, 3.8) is 0 Å². The number of allylic oxidation sites excluding steroid dienone is 2. The van der Waals surface area contributed by atoms with Gasteiger partial charge in [-0.05, 0) is 36.9 Å². The molecule has 0 aromatic carbocycles.